The molecule has 1 saturated carbocycles. The van der Waals surface area contributed by atoms with Crippen molar-refractivity contribution in [1.82, 2.24) is 0 Å². The van der Waals surface area contributed by atoms with E-state index in [-0.39, 0.29) is 0 Å². The van der Waals surface area contributed by atoms with Crippen LogP contribution in [0.5, 0.6) is 0 Å². The minimum atomic E-state index is -6.52. The Balaban J connectivity index is 3.35. The molecule has 1 N–H and O–H groups in total. The van der Waals surface area contributed by atoms with E-state index in [9.17, 15) is 35.5 Å². The Morgan fingerprint density at radius 2 is 1.39 bits per heavy atom. The van der Waals surface area contributed by atoms with Gasteiger partial charge < -0.3 is 5.11 Å². The summed E-state index contributed by atoms with van der Waals surface area (Å²) >= 11 is 0. The molecule has 0 radical (unpaired) electrons. The molecule has 0 amide bonds. The second kappa shape index (κ2) is 3.30. The zero-order valence-electron chi connectivity index (χ0n) is 9.21. The number of aliphatic carboxylic acids is 1. The lowest BCUT2D eigenvalue weighted by atomic mass is 9.85. The van der Waals surface area contributed by atoms with Gasteiger partial charge in [-0.2, -0.15) is 30.7 Å². The quantitative estimate of drug-likeness (QED) is 0.806. The maximum Gasteiger partial charge on any atom is 0.459 e. The van der Waals surface area contributed by atoms with Crippen molar-refractivity contribution in [1.29, 1.82) is 0 Å². The van der Waals surface area contributed by atoms with Crippen LogP contribution in [0.2, 0.25) is 0 Å². The van der Waals surface area contributed by atoms with Crippen LogP contribution in [-0.4, -0.2) is 29.1 Å². The fraction of sp³-hybridized carbons (Fsp3) is 0.889. The van der Waals surface area contributed by atoms with Gasteiger partial charge in [-0.1, -0.05) is 13.8 Å². The van der Waals surface area contributed by atoms with Crippen molar-refractivity contribution in [3.05, 3.63) is 0 Å². The van der Waals surface area contributed by atoms with Gasteiger partial charge in [0.15, 0.2) is 0 Å². The summed E-state index contributed by atoms with van der Waals surface area (Å²) in [6, 6.07) is 0. The minimum Gasteiger partial charge on any atom is -0.481 e. The minimum absolute atomic E-state index is 0.904. The fourth-order valence-corrected chi connectivity index (χ4v) is 2.10. The van der Waals surface area contributed by atoms with Gasteiger partial charge in [-0.25, -0.2) is 0 Å². The van der Waals surface area contributed by atoms with E-state index in [2.05, 4.69) is 0 Å². The van der Waals surface area contributed by atoms with Gasteiger partial charge in [0.25, 0.3) is 0 Å². The lowest BCUT2D eigenvalue weighted by molar-refractivity contribution is -0.369. The van der Waals surface area contributed by atoms with Crippen molar-refractivity contribution >= 4 is 5.97 Å². The number of rotatable bonds is 3. The summed E-state index contributed by atoms with van der Waals surface area (Å²) in [7, 11) is 0. The molecule has 18 heavy (non-hydrogen) atoms. The van der Waals surface area contributed by atoms with Gasteiger partial charge >= 0.3 is 24.0 Å². The van der Waals surface area contributed by atoms with Crippen LogP contribution >= 0.6 is 0 Å². The molecular formula is C9H9F7O2. The third-order valence-electron chi connectivity index (χ3n) is 3.39. The molecule has 1 rings (SSSR count). The third kappa shape index (κ3) is 1.45. The summed E-state index contributed by atoms with van der Waals surface area (Å²) in [4.78, 5) is 10.7. The molecule has 1 aliphatic carbocycles. The summed E-state index contributed by atoms with van der Waals surface area (Å²) in [6.07, 6.45) is -7.47. The van der Waals surface area contributed by atoms with E-state index in [0.29, 0.717) is 0 Å². The van der Waals surface area contributed by atoms with Gasteiger partial charge in [0.2, 0.25) is 0 Å². The van der Waals surface area contributed by atoms with Gasteiger partial charge in [0.05, 0.1) is 0 Å². The van der Waals surface area contributed by atoms with E-state index in [1.54, 1.807) is 0 Å². The fourth-order valence-electron chi connectivity index (χ4n) is 2.10. The number of carbonyl (C=O) groups is 1. The van der Waals surface area contributed by atoms with E-state index in [1.807, 2.05) is 0 Å². The zero-order chi connectivity index (χ0) is 14.8. The van der Waals surface area contributed by atoms with Crippen LogP contribution < -0.4 is 0 Å². The summed E-state index contributed by atoms with van der Waals surface area (Å²) in [5.74, 6) is -14.5. The van der Waals surface area contributed by atoms with Gasteiger partial charge in [-0.3, -0.25) is 4.79 Å². The molecule has 1 aliphatic rings. The van der Waals surface area contributed by atoms with Crippen LogP contribution in [0.3, 0.4) is 0 Å². The second-order valence-corrected chi connectivity index (χ2v) is 4.92. The first-order chi connectivity index (χ1) is 7.65. The molecule has 0 aromatic heterocycles. The van der Waals surface area contributed by atoms with Crippen molar-refractivity contribution in [3.8, 4) is 0 Å². The van der Waals surface area contributed by atoms with E-state index >= 15 is 0 Å². The van der Waals surface area contributed by atoms with Crippen LogP contribution in [0, 0.1) is 10.8 Å². The van der Waals surface area contributed by atoms with E-state index in [1.165, 1.54) is 0 Å². The molecule has 1 unspecified atom stereocenters. The maximum absolute atomic E-state index is 13.4. The Morgan fingerprint density at radius 3 is 1.56 bits per heavy atom. The highest BCUT2D eigenvalue weighted by Crippen LogP contribution is 2.74. The molecule has 0 spiro atoms. The van der Waals surface area contributed by atoms with Gasteiger partial charge in [0.1, 0.15) is 5.41 Å². The molecule has 9 heteroatoms. The SMILES string of the molecule is CC1(C)CC1(C(=O)O)C(F)(F)C(F)(F)C(F)(F)F. The largest absolute Gasteiger partial charge is 0.481 e. The van der Waals surface area contributed by atoms with Crippen molar-refractivity contribution < 1.29 is 40.6 Å². The van der Waals surface area contributed by atoms with Crippen molar-refractivity contribution in [2.45, 2.75) is 38.3 Å². The molecule has 0 aromatic rings. The Hall–Kier alpha value is -1.02. The van der Waals surface area contributed by atoms with Crippen molar-refractivity contribution in [2.75, 3.05) is 0 Å². The van der Waals surface area contributed by atoms with Gasteiger partial charge in [-0.15, -0.1) is 0 Å². The number of carboxylic acid groups (broad SMARTS) is 1. The number of hydrogen-bond acceptors (Lipinski definition) is 1. The highest BCUT2D eigenvalue weighted by Gasteiger charge is 2.90. The summed E-state index contributed by atoms with van der Waals surface area (Å²) in [5.41, 5.74) is -5.24. The van der Waals surface area contributed by atoms with Crippen molar-refractivity contribution in [3.63, 3.8) is 0 Å². The zero-order valence-corrected chi connectivity index (χ0v) is 9.21. The van der Waals surface area contributed by atoms with E-state index in [0.717, 1.165) is 13.8 Å². The highest BCUT2D eigenvalue weighted by molar-refractivity contribution is 5.81. The Kier molecular flexibility index (Phi) is 2.75. The smallest absolute Gasteiger partial charge is 0.459 e. The normalized spacial score (nSPS) is 28.1. The van der Waals surface area contributed by atoms with Crippen LogP contribution in [0.4, 0.5) is 30.7 Å². The number of halogens is 7. The number of carboxylic acids is 1. The predicted octanol–water partition coefficient (Wildman–Crippen LogP) is 3.32. The lowest BCUT2D eigenvalue weighted by Crippen LogP contribution is -2.59. The van der Waals surface area contributed by atoms with Crippen LogP contribution in [0.25, 0.3) is 0 Å². The Morgan fingerprint density at radius 1 is 1.06 bits per heavy atom. The standard InChI is InChI=1S/C9H9F7O2/c1-5(2)3-6(5,4(17)18)7(10,11)8(12,13)9(14,15)16/h3H2,1-2H3,(H,17,18). The average Bonchev–Trinajstić information content (AvgIpc) is 2.68. The number of hydrogen-bond donors (Lipinski definition) is 1. The molecule has 1 atom stereocenters. The predicted molar refractivity (Wildman–Crippen MR) is 44.4 cm³/mol. The topological polar surface area (TPSA) is 37.3 Å². The monoisotopic (exact) mass is 282 g/mol. The van der Waals surface area contributed by atoms with Crippen LogP contribution in [0.15, 0.2) is 0 Å². The summed E-state index contributed by atoms with van der Waals surface area (Å²) < 4.78 is 88.4. The average molecular weight is 282 g/mol. The second-order valence-electron chi connectivity index (χ2n) is 4.92. The Bertz CT molecular complexity index is 385. The molecule has 0 aliphatic heterocycles. The highest BCUT2D eigenvalue weighted by atomic mass is 19.4. The first-order valence-electron chi connectivity index (χ1n) is 4.71. The summed E-state index contributed by atoms with van der Waals surface area (Å²) in [5, 5.41) is 8.62. The lowest BCUT2D eigenvalue weighted by Gasteiger charge is -2.34. The molecule has 0 heterocycles. The Labute approximate surface area is 96.8 Å². The number of alkyl halides is 7. The van der Waals surface area contributed by atoms with Crippen molar-refractivity contribution in [2.24, 2.45) is 10.8 Å². The molecule has 2 nitrogen and oxygen atoms in total. The molecule has 0 aromatic carbocycles. The molecule has 0 saturated heterocycles. The molecular weight excluding hydrogens is 273 g/mol. The van der Waals surface area contributed by atoms with E-state index in [4.69, 9.17) is 5.11 Å². The van der Waals surface area contributed by atoms with Gasteiger partial charge in [0, 0.05) is 0 Å². The van der Waals surface area contributed by atoms with E-state index < -0.39 is 41.2 Å². The van der Waals surface area contributed by atoms with Crippen LogP contribution in [0.1, 0.15) is 20.3 Å². The summed E-state index contributed by atoms with van der Waals surface area (Å²) in [6.45, 7) is 1.81. The maximum atomic E-state index is 13.4. The molecule has 1 fully saturated rings. The first kappa shape index (κ1) is 15.0. The molecule has 106 valence electrons. The first-order valence-corrected chi connectivity index (χ1v) is 4.71. The molecule has 0 bridgehead atoms. The van der Waals surface area contributed by atoms with Crippen LogP contribution in [-0.2, 0) is 4.79 Å². The van der Waals surface area contributed by atoms with Gasteiger partial charge in [-0.05, 0) is 11.8 Å². The third-order valence-corrected chi connectivity index (χ3v) is 3.39.